The fraction of sp³-hybridized carbons (Fsp3) is 0.111. The molecular formula is C9H6ClNO2. The first-order valence-electron chi connectivity index (χ1n) is 3.75. The molecule has 0 atom stereocenters. The van der Waals surface area contributed by atoms with Crippen molar-refractivity contribution >= 4 is 29.0 Å². The van der Waals surface area contributed by atoms with Crippen LogP contribution in [0, 0.1) is 6.92 Å². The van der Waals surface area contributed by atoms with Crippen molar-refractivity contribution in [2.75, 3.05) is 5.32 Å². The van der Waals surface area contributed by atoms with Gasteiger partial charge in [0.15, 0.2) is 0 Å². The number of carbonyl (C=O) groups is 2. The molecule has 1 aliphatic heterocycles. The van der Waals surface area contributed by atoms with Gasteiger partial charge in [0, 0.05) is 0 Å². The van der Waals surface area contributed by atoms with Crippen LogP contribution in [0.2, 0.25) is 5.02 Å². The first-order chi connectivity index (χ1) is 6.09. The van der Waals surface area contributed by atoms with Crippen LogP contribution in [0.15, 0.2) is 12.1 Å². The van der Waals surface area contributed by atoms with Crippen molar-refractivity contribution in [3.63, 3.8) is 0 Å². The van der Waals surface area contributed by atoms with E-state index in [0.29, 0.717) is 16.3 Å². The van der Waals surface area contributed by atoms with E-state index in [4.69, 9.17) is 11.6 Å². The number of amides is 1. The van der Waals surface area contributed by atoms with Gasteiger partial charge in [0.2, 0.25) is 0 Å². The Morgan fingerprint density at radius 1 is 1.31 bits per heavy atom. The Labute approximate surface area is 79.7 Å². The first kappa shape index (κ1) is 8.26. The summed E-state index contributed by atoms with van der Waals surface area (Å²) in [5, 5.41) is 2.83. The van der Waals surface area contributed by atoms with Crippen LogP contribution in [-0.4, -0.2) is 11.7 Å². The monoisotopic (exact) mass is 195 g/mol. The Morgan fingerprint density at radius 3 is 2.69 bits per heavy atom. The van der Waals surface area contributed by atoms with Gasteiger partial charge >= 0.3 is 0 Å². The normalized spacial score (nSPS) is 14.3. The number of fused-ring (bicyclic) bond motifs is 1. The molecule has 0 spiro atoms. The number of hydrogen-bond donors (Lipinski definition) is 1. The minimum atomic E-state index is -0.609. The summed E-state index contributed by atoms with van der Waals surface area (Å²) in [5.41, 5.74) is 1.67. The van der Waals surface area contributed by atoms with Crippen molar-refractivity contribution in [2.24, 2.45) is 0 Å². The highest BCUT2D eigenvalue weighted by Gasteiger charge is 2.29. The van der Waals surface area contributed by atoms with E-state index in [9.17, 15) is 9.59 Å². The zero-order chi connectivity index (χ0) is 9.59. The lowest BCUT2D eigenvalue weighted by Gasteiger charge is -2.01. The van der Waals surface area contributed by atoms with Gasteiger partial charge in [0.1, 0.15) is 0 Å². The number of carbonyl (C=O) groups excluding carboxylic acids is 2. The number of aryl methyl sites for hydroxylation is 1. The van der Waals surface area contributed by atoms with Crippen LogP contribution < -0.4 is 5.32 Å². The van der Waals surface area contributed by atoms with E-state index in [1.807, 2.05) is 6.92 Å². The van der Waals surface area contributed by atoms with Crippen LogP contribution in [0.3, 0.4) is 0 Å². The molecule has 0 fully saturated rings. The SMILES string of the molecule is Cc1cc(Cl)c2c(c1)C(=O)C(=O)N2. The molecular weight excluding hydrogens is 190 g/mol. The summed E-state index contributed by atoms with van der Waals surface area (Å²) < 4.78 is 0. The highest BCUT2D eigenvalue weighted by molar-refractivity contribution is 6.53. The predicted octanol–water partition coefficient (Wildman–Crippen LogP) is 1.78. The van der Waals surface area contributed by atoms with Crippen molar-refractivity contribution < 1.29 is 9.59 Å². The van der Waals surface area contributed by atoms with E-state index in [0.717, 1.165) is 5.56 Å². The molecule has 0 unspecified atom stereocenters. The molecule has 0 saturated carbocycles. The van der Waals surface area contributed by atoms with Crippen molar-refractivity contribution in [1.29, 1.82) is 0 Å². The van der Waals surface area contributed by atoms with E-state index >= 15 is 0 Å². The molecule has 0 radical (unpaired) electrons. The number of benzene rings is 1. The molecule has 1 aromatic carbocycles. The summed E-state index contributed by atoms with van der Waals surface area (Å²) in [7, 11) is 0. The molecule has 1 aliphatic rings. The van der Waals surface area contributed by atoms with Gasteiger partial charge in [0.05, 0.1) is 16.3 Å². The number of rotatable bonds is 0. The molecule has 3 nitrogen and oxygen atoms in total. The summed E-state index contributed by atoms with van der Waals surface area (Å²) >= 11 is 5.84. The third kappa shape index (κ3) is 1.12. The molecule has 2 rings (SSSR count). The van der Waals surface area contributed by atoms with Gasteiger partial charge in [-0.1, -0.05) is 11.6 Å². The Kier molecular flexibility index (Phi) is 1.63. The molecule has 0 saturated heterocycles. The van der Waals surface area contributed by atoms with Gasteiger partial charge in [-0.2, -0.15) is 0 Å². The van der Waals surface area contributed by atoms with Crippen LogP contribution in [-0.2, 0) is 4.79 Å². The minimum Gasteiger partial charge on any atom is -0.317 e. The average Bonchev–Trinajstić information content (AvgIpc) is 2.32. The lowest BCUT2D eigenvalue weighted by atomic mass is 10.1. The average molecular weight is 196 g/mol. The molecule has 66 valence electrons. The lowest BCUT2D eigenvalue weighted by Crippen LogP contribution is -2.12. The number of hydrogen-bond acceptors (Lipinski definition) is 2. The number of halogens is 1. The molecule has 13 heavy (non-hydrogen) atoms. The summed E-state index contributed by atoms with van der Waals surface area (Å²) in [6.45, 7) is 1.82. The van der Waals surface area contributed by atoms with Crippen LogP contribution in [0.4, 0.5) is 5.69 Å². The molecule has 1 aromatic rings. The van der Waals surface area contributed by atoms with E-state index in [-0.39, 0.29) is 0 Å². The maximum Gasteiger partial charge on any atom is 0.296 e. The lowest BCUT2D eigenvalue weighted by molar-refractivity contribution is -0.112. The zero-order valence-corrected chi connectivity index (χ0v) is 7.61. The quantitative estimate of drug-likeness (QED) is 0.642. The smallest absolute Gasteiger partial charge is 0.296 e. The second-order valence-electron chi connectivity index (χ2n) is 2.95. The van der Waals surface area contributed by atoms with Crippen molar-refractivity contribution in [1.82, 2.24) is 0 Å². The van der Waals surface area contributed by atoms with E-state index in [1.54, 1.807) is 12.1 Å². The van der Waals surface area contributed by atoms with Gasteiger partial charge in [-0.05, 0) is 24.6 Å². The first-order valence-corrected chi connectivity index (χ1v) is 4.13. The van der Waals surface area contributed by atoms with Gasteiger partial charge in [-0.15, -0.1) is 0 Å². The minimum absolute atomic E-state index is 0.370. The maximum atomic E-state index is 11.2. The van der Waals surface area contributed by atoms with Gasteiger partial charge < -0.3 is 5.32 Å². The largest absolute Gasteiger partial charge is 0.317 e. The fourth-order valence-corrected chi connectivity index (χ4v) is 1.66. The highest BCUT2D eigenvalue weighted by atomic mass is 35.5. The summed E-state index contributed by atoms with van der Waals surface area (Å²) in [6, 6.07) is 3.36. The molecule has 0 aliphatic carbocycles. The predicted molar refractivity (Wildman–Crippen MR) is 49.1 cm³/mol. The fourth-order valence-electron chi connectivity index (χ4n) is 1.34. The van der Waals surface area contributed by atoms with E-state index in [2.05, 4.69) is 5.32 Å². The summed E-state index contributed by atoms with van der Waals surface area (Å²) in [4.78, 5) is 22.2. The highest BCUT2D eigenvalue weighted by Crippen LogP contribution is 2.31. The summed E-state index contributed by atoms with van der Waals surface area (Å²) in [5.74, 6) is -1.12. The van der Waals surface area contributed by atoms with Crippen LogP contribution >= 0.6 is 11.6 Å². The Bertz CT molecular complexity index is 426. The second-order valence-corrected chi connectivity index (χ2v) is 3.36. The number of anilines is 1. The summed E-state index contributed by atoms with van der Waals surface area (Å²) in [6.07, 6.45) is 0. The third-order valence-electron chi connectivity index (χ3n) is 1.92. The van der Waals surface area contributed by atoms with E-state index < -0.39 is 11.7 Å². The van der Waals surface area contributed by atoms with Crippen LogP contribution in [0.5, 0.6) is 0 Å². The van der Waals surface area contributed by atoms with Crippen molar-refractivity contribution in [3.8, 4) is 0 Å². The molecule has 0 aromatic heterocycles. The standard InChI is InChI=1S/C9H6ClNO2/c1-4-2-5-7(6(10)3-4)11-9(13)8(5)12/h2-3H,1H3,(H,11,12,13). The Morgan fingerprint density at radius 2 is 2.00 bits per heavy atom. The molecule has 1 N–H and O–H groups in total. The van der Waals surface area contributed by atoms with Crippen LogP contribution in [0.1, 0.15) is 15.9 Å². The van der Waals surface area contributed by atoms with Gasteiger partial charge in [-0.3, -0.25) is 9.59 Å². The second kappa shape index (κ2) is 2.57. The Hall–Kier alpha value is -1.35. The number of nitrogens with one attached hydrogen (secondary N) is 1. The zero-order valence-electron chi connectivity index (χ0n) is 6.85. The van der Waals surface area contributed by atoms with Crippen molar-refractivity contribution in [2.45, 2.75) is 6.92 Å². The maximum absolute atomic E-state index is 11.2. The molecule has 1 amide bonds. The van der Waals surface area contributed by atoms with Gasteiger partial charge in [0.25, 0.3) is 11.7 Å². The Balaban J connectivity index is 2.70. The number of ketones is 1. The topological polar surface area (TPSA) is 46.2 Å². The third-order valence-corrected chi connectivity index (χ3v) is 2.22. The van der Waals surface area contributed by atoms with Crippen LogP contribution in [0.25, 0.3) is 0 Å². The van der Waals surface area contributed by atoms with Gasteiger partial charge in [-0.25, -0.2) is 0 Å². The van der Waals surface area contributed by atoms with Crippen molar-refractivity contribution in [3.05, 3.63) is 28.3 Å². The number of Topliss-reactive ketones (excluding diaryl/α,β-unsaturated/α-hetero) is 1. The molecule has 4 heteroatoms. The molecule has 0 bridgehead atoms. The van der Waals surface area contributed by atoms with E-state index in [1.165, 1.54) is 0 Å². The molecule has 1 heterocycles.